The molecule has 3 aromatic carbocycles. The Hall–Kier alpha value is -6.04. The molecule has 3 amide bonds. The second-order valence-electron chi connectivity index (χ2n) is 11.4. The number of fused-ring (bicyclic) bond motifs is 1. The van der Waals surface area contributed by atoms with Crippen LogP contribution < -0.4 is 20.3 Å². The van der Waals surface area contributed by atoms with Gasteiger partial charge in [0.2, 0.25) is 11.8 Å². The molecule has 0 fully saturated rings. The smallest absolute Gasteiger partial charge is 0.255 e. The predicted molar refractivity (Wildman–Crippen MR) is 198 cm³/mol. The number of pyridine rings is 2. The van der Waals surface area contributed by atoms with E-state index in [4.69, 9.17) is 32.9 Å². The molecule has 11 nitrogen and oxygen atoms in total. The van der Waals surface area contributed by atoms with E-state index in [1.807, 2.05) is 42.0 Å². The maximum Gasteiger partial charge on any atom is 0.255 e. The van der Waals surface area contributed by atoms with Gasteiger partial charge < -0.3 is 24.8 Å². The average Bonchev–Trinajstić information content (AvgIpc) is 3.68. The highest BCUT2D eigenvalue weighted by Crippen LogP contribution is 2.36. The third-order valence-electron chi connectivity index (χ3n) is 7.92. The first kappa shape index (κ1) is 34.8. The summed E-state index contributed by atoms with van der Waals surface area (Å²) in [5.41, 5.74) is 5.11. The zero-order valence-electron chi connectivity index (χ0n) is 27.5. The highest BCUT2D eigenvalue weighted by atomic mass is 35.5. The van der Waals surface area contributed by atoms with Crippen LogP contribution in [0.3, 0.4) is 0 Å². The number of aryl methyl sites for hydroxylation is 1. The number of carbonyl (C=O) groups excluding carboxylic acids is 3. The Kier molecular flexibility index (Phi) is 10.7. The fraction of sp³-hybridized carbons (Fsp3) is 0.105. The first-order chi connectivity index (χ1) is 24.7. The number of ether oxygens (including phenoxy) is 1. The number of rotatable bonds is 11. The van der Waals surface area contributed by atoms with E-state index in [1.165, 1.54) is 11.0 Å². The number of amides is 3. The lowest BCUT2D eigenvalue weighted by atomic mass is 10.1. The van der Waals surface area contributed by atoms with Crippen molar-refractivity contribution in [3.05, 3.63) is 142 Å². The first-order valence-corrected chi connectivity index (χ1v) is 16.5. The largest absolute Gasteiger partial charge is 0.487 e. The molecule has 0 spiro atoms. The molecule has 0 atom stereocenters. The molecule has 3 aromatic heterocycles. The summed E-state index contributed by atoms with van der Waals surface area (Å²) in [5.74, 6) is -0.575. The summed E-state index contributed by atoms with van der Waals surface area (Å²) in [6.07, 6.45) is 11.3. The molecule has 0 aliphatic heterocycles. The number of carbonyl (C=O) groups is 3. The van der Waals surface area contributed by atoms with Crippen molar-refractivity contribution >= 4 is 69.3 Å². The monoisotopic (exact) mass is 719 g/mol. The first-order valence-electron chi connectivity index (χ1n) is 15.7. The third-order valence-corrected chi connectivity index (χ3v) is 8.69. The Bertz CT molecular complexity index is 2240. The van der Waals surface area contributed by atoms with Crippen LogP contribution in [0.15, 0.2) is 110 Å². The van der Waals surface area contributed by atoms with Gasteiger partial charge >= 0.3 is 0 Å². The molecule has 0 unspecified atom stereocenters. The summed E-state index contributed by atoms with van der Waals surface area (Å²) in [4.78, 5) is 52.1. The zero-order chi connectivity index (χ0) is 35.9. The molecule has 3 heterocycles. The van der Waals surface area contributed by atoms with Gasteiger partial charge in [-0.15, -0.1) is 0 Å². The van der Waals surface area contributed by atoms with Gasteiger partial charge in [-0.25, -0.2) is 9.97 Å². The molecular weight excluding hydrogens is 689 g/mol. The minimum atomic E-state index is -0.460. The van der Waals surface area contributed by atoms with E-state index in [2.05, 4.69) is 20.6 Å². The van der Waals surface area contributed by atoms with Crippen LogP contribution in [0.25, 0.3) is 22.7 Å². The lowest BCUT2D eigenvalue weighted by Crippen LogP contribution is -2.37. The summed E-state index contributed by atoms with van der Waals surface area (Å²) in [7, 11) is 1.56. The molecule has 6 aromatic rings. The quantitative estimate of drug-likeness (QED) is 0.137. The number of nitrogens with zero attached hydrogens (tertiary/aromatic N) is 5. The molecule has 6 rings (SSSR count). The molecule has 51 heavy (non-hydrogen) atoms. The van der Waals surface area contributed by atoms with Crippen LogP contribution in [0.2, 0.25) is 10.0 Å². The van der Waals surface area contributed by atoms with Crippen molar-refractivity contribution in [2.45, 2.75) is 13.5 Å². The van der Waals surface area contributed by atoms with Gasteiger partial charge in [0.05, 0.1) is 29.3 Å². The van der Waals surface area contributed by atoms with Crippen LogP contribution in [0, 0.1) is 6.92 Å². The molecule has 256 valence electrons. The zero-order valence-corrected chi connectivity index (χ0v) is 29.0. The van der Waals surface area contributed by atoms with Gasteiger partial charge in [0.25, 0.3) is 5.91 Å². The maximum absolute atomic E-state index is 13.1. The van der Waals surface area contributed by atoms with Crippen LogP contribution >= 0.6 is 23.2 Å². The van der Waals surface area contributed by atoms with Gasteiger partial charge in [-0.1, -0.05) is 47.5 Å². The number of likely N-dealkylation sites (N-methyl/N-ethyl adjacent to an activating group) is 1. The van der Waals surface area contributed by atoms with Gasteiger partial charge in [0.1, 0.15) is 17.9 Å². The van der Waals surface area contributed by atoms with E-state index in [-0.39, 0.29) is 24.1 Å². The van der Waals surface area contributed by atoms with Crippen molar-refractivity contribution in [3.8, 4) is 11.4 Å². The number of nitrogens with one attached hydrogen (secondary N) is 2. The summed E-state index contributed by atoms with van der Waals surface area (Å²) < 4.78 is 8.14. The maximum atomic E-state index is 13.1. The summed E-state index contributed by atoms with van der Waals surface area (Å²) in [5, 5.41) is 6.90. The number of anilines is 2. The number of para-hydroxylation sites is 1. The minimum Gasteiger partial charge on any atom is -0.487 e. The van der Waals surface area contributed by atoms with Crippen LogP contribution in [-0.2, 0) is 16.2 Å². The van der Waals surface area contributed by atoms with Gasteiger partial charge in [-0.3, -0.25) is 19.4 Å². The highest BCUT2D eigenvalue weighted by molar-refractivity contribution is 6.38. The minimum absolute atomic E-state index is 0.0162. The number of imidazole rings is 1. The average molecular weight is 721 g/mol. The lowest BCUT2D eigenvalue weighted by Gasteiger charge is -2.21. The normalized spacial score (nSPS) is 11.1. The van der Waals surface area contributed by atoms with Crippen LogP contribution in [0.5, 0.6) is 5.75 Å². The summed E-state index contributed by atoms with van der Waals surface area (Å²) >= 11 is 13.4. The number of aromatic nitrogens is 4. The molecule has 0 bridgehead atoms. The van der Waals surface area contributed by atoms with Crippen molar-refractivity contribution < 1.29 is 19.1 Å². The van der Waals surface area contributed by atoms with Crippen molar-refractivity contribution in [3.63, 3.8) is 0 Å². The van der Waals surface area contributed by atoms with Crippen molar-refractivity contribution in [1.29, 1.82) is 0 Å². The fourth-order valence-corrected chi connectivity index (χ4v) is 5.82. The van der Waals surface area contributed by atoms with E-state index in [9.17, 15) is 14.4 Å². The Morgan fingerprint density at radius 1 is 0.961 bits per heavy atom. The van der Waals surface area contributed by atoms with E-state index in [1.54, 1.807) is 86.6 Å². The number of hydrogen-bond donors (Lipinski definition) is 2. The molecule has 0 aliphatic carbocycles. The predicted octanol–water partition coefficient (Wildman–Crippen LogP) is 7.05. The van der Waals surface area contributed by atoms with Crippen molar-refractivity contribution in [2.24, 2.45) is 0 Å². The fourth-order valence-electron chi connectivity index (χ4n) is 5.22. The van der Waals surface area contributed by atoms with Crippen LogP contribution in [-0.4, -0.2) is 50.8 Å². The molecular formula is C38H31Cl2N7O4. The number of hydrogen-bond acceptors (Lipinski definition) is 7. The van der Waals surface area contributed by atoms with E-state index < -0.39 is 11.8 Å². The molecule has 13 heteroatoms. The topological polar surface area (TPSA) is 131 Å². The third kappa shape index (κ3) is 8.23. The SMILES string of the molecule is Cc1cc(-n2ccnc2)c2cccc(OCc3c(Cl)ccc(N(C)C(=O)CNC(=O)C=Cc4ccc(NC(=O)c5ccncc5)cc4)c3Cl)c2n1. The Morgan fingerprint density at radius 2 is 1.75 bits per heavy atom. The van der Waals surface area contributed by atoms with E-state index >= 15 is 0 Å². The number of benzene rings is 3. The molecule has 0 saturated carbocycles. The molecule has 0 aliphatic rings. The Balaban J connectivity index is 1.06. The lowest BCUT2D eigenvalue weighted by molar-refractivity contribution is -0.122. The summed E-state index contributed by atoms with van der Waals surface area (Å²) in [6, 6.07) is 21.1. The Labute approximate surface area is 303 Å². The van der Waals surface area contributed by atoms with Gasteiger partial charge in [0, 0.05) is 70.8 Å². The van der Waals surface area contributed by atoms with Gasteiger partial charge in [0.15, 0.2) is 0 Å². The van der Waals surface area contributed by atoms with E-state index in [0.29, 0.717) is 38.8 Å². The second-order valence-corrected chi connectivity index (χ2v) is 12.2. The number of halogens is 2. The summed E-state index contributed by atoms with van der Waals surface area (Å²) in [6.45, 7) is 1.65. The standard InChI is InChI=1S/C38H31Cl2N7O4/c1-24-20-32(47-19-18-42-23-47)28-4-3-5-33(37(28)44-24)51-22-29-30(39)11-12-31(36(29)40)46(2)35(49)21-43-34(48)13-8-25-6-9-27(10-7-25)45-38(50)26-14-16-41-17-15-26/h3-20,23H,21-22H2,1-2H3,(H,43,48)(H,45,50). The van der Waals surface area contributed by atoms with Crippen molar-refractivity contribution in [1.82, 2.24) is 24.8 Å². The molecule has 0 radical (unpaired) electrons. The Morgan fingerprint density at radius 3 is 2.49 bits per heavy atom. The second kappa shape index (κ2) is 15.7. The highest BCUT2D eigenvalue weighted by Gasteiger charge is 2.20. The van der Waals surface area contributed by atoms with Gasteiger partial charge in [-0.2, -0.15) is 0 Å². The van der Waals surface area contributed by atoms with Crippen molar-refractivity contribution in [2.75, 3.05) is 23.8 Å². The molecule has 0 saturated heterocycles. The van der Waals surface area contributed by atoms with Crippen LogP contribution in [0.1, 0.15) is 27.2 Å². The molecule has 2 N–H and O–H groups in total. The van der Waals surface area contributed by atoms with Crippen LogP contribution in [0.4, 0.5) is 11.4 Å². The van der Waals surface area contributed by atoms with E-state index in [0.717, 1.165) is 22.3 Å². The van der Waals surface area contributed by atoms with Gasteiger partial charge in [-0.05, 0) is 67.1 Å².